The molecule has 0 atom stereocenters. The summed E-state index contributed by atoms with van der Waals surface area (Å²) in [5.74, 6) is 6.87. The Morgan fingerprint density at radius 3 is 3.00 bits per heavy atom. The normalized spacial score (nSPS) is 13.8. The molecular formula is C14H13N5S. The van der Waals surface area contributed by atoms with Gasteiger partial charge in [0, 0.05) is 12.2 Å². The molecule has 6 heteroatoms. The molecular weight excluding hydrogens is 270 g/mol. The number of nitrogens with two attached hydrogens (primary N) is 1. The maximum absolute atomic E-state index is 5.48. The van der Waals surface area contributed by atoms with E-state index in [1.807, 2.05) is 5.38 Å². The smallest absolute Gasteiger partial charge is 0.240 e. The molecule has 2 aromatic heterocycles. The maximum Gasteiger partial charge on any atom is 0.240 e. The van der Waals surface area contributed by atoms with Gasteiger partial charge < -0.3 is 4.90 Å². The zero-order valence-corrected chi connectivity index (χ0v) is 11.5. The van der Waals surface area contributed by atoms with Crippen LogP contribution in [0.15, 0.2) is 35.7 Å². The van der Waals surface area contributed by atoms with Crippen molar-refractivity contribution in [1.82, 2.24) is 9.97 Å². The minimum atomic E-state index is 0.458. The van der Waals surface area contributed by atoms with Crippen molar-refractivity contribution >= 4 is 39.0 Å². The van der Waals surface area contributed by atoms with Gasteiger partial charge in [-0.1, -0.05) is 18.2 Å². The molecule has 5 nitrogen and oxygen atoms in total. The van der Waals surface area contributed by atoms with E-state index in [1.165, 1.54) is 11.3 Å². The summed E-state index contributed by atoms with van der Waals surface area (Å²) in [7, 11) is 0. The van der Waals surface area contributed by atoms with Gasteiger partial charge >= 0.3 is 0 Å². The molecule has 0 saturated heterocycles. The second-order valence-corrected chi connectivity index (χ2v) is 5.58. The Morgan fingerprint density at radius 1 is 1.20 bits per heavy atom. The highest BCUT2D eigenvalue weighted by atomic mass is 32.1. The van der Waals surface area contributed by atoms with E-state index in [0.717, 1.165) is 29.0 Å². The van der Waals surface area contributed by atoms with Crippen LogP contribution in [-0.4, -0.2) is 16.5 Å². The highest BCUT2D eigenvalue weighted by Crippen LogP contribution is 2.38. The van der Waals surface area contributed by atoms with Gasteiger partial charge in [-0.25, -0.2) is 10.8 Å². The lowest BCUT2D eigenvalue weighted by molar-refractivity contribution is 0.974. The third-order valence-corrected chi connectivity index (χ3v) is 4.38. The lowest BCUT2D eigenvalue weighted by atomic mass is 10.2. The highest BCUT2D eigenvalue weighted by molar-refractivity contribution is 7.16. The predicted octanol–water partition coefficient (Wildman–Crippen LogP) is 2.67. The van der Waals surface area contributed by atoms with E-state index in [4.69, 9.17) is 5.84 Å². The molecule has 0 fully saturated rings. The van der Waals surface area contributed by atoms with Crippen molar-refractivity contribution in [2.24, 2.45) is 5.84 Å². The Kier molecular flexibility index (Phi) is 2.58. The Balaban J connectivity index is 1.93. The summed E-state index contributed by atoms with van der Waals surface area (Å²) in [6.45, 7) is 0.936. The van der Waals surface area contributed by atoms with Crippen LogP contribution in [0.4, 0.5) is 17.5 Å². The van der Waals surface area contributed by atoms with Gasteiger partial charge in [0.05, 0.1) is 5.39 Å². The molecule has 0 spiro atoms. The fraction of sp³-hybridized carbons (Fsp3) is 0.143. The van der Waals surface area contributed by atoms with E-state index in [1.54, 1.807) is 11.3 Å². The zero-order valence-electron chi connectivity index (χ0n) is 10.7. The molecule has 3 heterocycles. The molecule has 0 aliphatic carbocycles. The molecule has 100 valence electrons. The first-order valence-corrected chi connectivity index (χ1v) is 7.32. The fourth-order valence-corrected chi connectivity index (χ4v) is 3.43. The number of hydrogen-bond donors (Lipinski definition) is 2. The fourth-order valence-electron chi connectivity index (χ4n) is 2.67. The summed E-state index contributed by atoms with van der Waals surface area (Å²) in [5.41, 5.74) is 5.14. The van der Waals surface area contributed by atoms with Crippen LogP contribution in [0.5, 0.6) is 0 Å². The number of nitrogen functional groups attached to an aromatic ring is 1. The number of para-hydroxylation sites is 1. The number of thiophene rings is 1. The first kappa shape index (κ1) is 11.6. The molecule has 0 saturated carbocycles. The highest BCUT2D eigenvalue weighted by Gasteiger charge is 2.23. The van der Waals surface area contributed by atoms with Crippen molar-refractivity contribution in [1.29, 1.82) is 0 Å². The van der Waals surface area contributed by atoms with Gasteiger partial charge in [0.25, 0.3) is 0 Å². The third-order valence-electron chi connectivity index (χ3n) is 3.58. The van der Waals surface area contributed by atoms with Crippen LogP contribution < -0.4 is 16.2 Å². The number of nitrogens with one attached hydrogen (secondary N) is 1. The average Bonchev–Trinajstić information content (AvgIpc) is 3.12. The lowest BCUT2D eigenvalue weighted by Gasteiger charge is -2.19. The van der Waals surface area contributed by atoms with Crippen LogP contribution in [0.2, 0.25) is 0 Å². The van der Waals surface area contributed by atoms with Gasteiger partial charge in [-0.15, -0.1) is 11.3 Å². The second kappa shape index (κ2) is 4.43. The molecule has 3 aromatic rings. The van der Waals surface area contributed by atoms with Gasteiger partial charge in [-0.2, -0.15) is 4.98 Å². The molecule has 0 radical (unpaired) electrons. The Morgan fingerprint density at radius 2 is 2.10 bits per heavy atom. The lowest BCUT2D eigenvalue weighted by Crippen LogP contribution is -2.18. The molecule has 0 amide bonds. The topological polar surface area (TPSA) is 67.1 Å². The number of hydrazine groups is 1. The van der Waals surface area contributed by atoms with Crippen LogP contribution in [0.1, 0.15) is 5.56 Å². The molecule has 1 aromatic carbocycles. The van der Waals surface area contributed by atoms with E-state index in [-0.39, 0.29) is 0 Å². The number of anilines is 3. The van der Waals surface area contributed by atoms with Gasteiger partial charge in [0.2, 0.25) is 5.95 Å². The SMILES string of the molecule is NNc1nc(N2CCc3ccccc32)c2ccsc2n1. The number of benzene rings is 1. The number of fused-ring (bicyclic) bond motifs is 2. The summed E-state index contributed by atoms with van der Waals surface area (Å²) in [6.07, 6.45) is 1.04. The van der Waals surface area contributed by atoms with Crippen LogP contribution in [0.25, 0.3) is 10.2 Å². The van der Waals surface area contributed by atoms with E-state index in [0.29, 0.717) is 5.95 Å². The van der Waals surface area contributed by atoms with E-state index in [9.17, 15) is 0 Å². The standard InChI is InChI=1S/C14H13N5S/c15-18-14-16-12(10-6-8-20-13(10)17-14)19-7-5-9-3-1-2-4-11(9)19/h1-4,6,8H,5,7,15H2,(H,16,17,18). The largest absolute Gasteiger partial charge is 0.325 e. The molecule has 1 aliphatic rings. The summed E-state index contributed by atoms with van der Waals surface area (Å²) in [4.78, 5) is 12.1. The Hall–Kier alpha value is -2.18. The third kappa shape index (κ3) is 1.65. The average molecular weight is 283 g/mol. The molecule has 3 N–H and O–H groups in total. The van der Waals surface area contributed by atoms with Crippen molar-refractivity contribution in [2.45, 2.75) is 6.42 Å². The van der Waals surface area contributed by atoms with Gasteiger partial charge in [0.15, 0.2) is 0 Å². The first-order valence-electron chi connectivity index (χ1n) is 6.44. The summed E-state index contributed by atoms with van der Waals surface area (Å²) in [5, 5.41) is 3.11. The van der Waals surface area contributed by atoms with Crippen LogP contribution in [0, 0.1) is 0 Å². The first-order chi connectivity index (χ1) is 9.86. The molecule has 0 unspecified atom stereocenters. The van der Waals surface area contributed by atoms with Gasteiger partial charge in [-0.05, 0) is 29.5 Å². The van der Waals surface area contributed by atoms with Crippen LogP contribution >= 0.6 is 11.3 Å². The molecule has 20 heavy (non-hydrogen) atoms. The molecule has 0 bridgehead atoms. The van der Waals surface area contributed by atoms with Crippen molar-refractivity contribution in [3.63, 3.8) is 0 Å². The van der Waals surface area contributed by atoms with Gasteiger partial charge in [0.1, 0.15) is 10.6 Å². The summed E-state index contributed by atoms with van der Waals surface area (Å²) in [6, 6.07) is 10.5. The van der Waals surface area contributed by atoms with Crippen molar-refractivity contribution in [3.8, 4) is 0 Å². The summed E-state index contributed by atoms with van der Waals surface area (Å²) >= 11 is 1.60. The zero-order chi connectivity index (χ0) is 13.5. The van der Waals surface area contributed by atoms with Gasteiger partial charge in [-0.3, -0.25) is 5.43 Å². The number of nitrogens with zero attached hydrogens (tertiary/aromatic N) is 3. The molecule has 4 rings (SSSR count). The predicted molar refractivity (Wildman–Crippen MR) is 82.4 cm³/mol. The van der Waals surface area contributed by atoms with Crippen LogP contribution in [-0.2, 0) is 6.42 Å². The Labute approximate surface area is 120 Å². The van der Waals surface area contributed by atoms with Crippen LogP contribution in [0.3, 0.4) is 0 Å². The van der Waals surface area contributed by atoms with E-state index < -0.39 is 0 Å². The number of rotatable bonds is 2. The minimum Gasteiger partial charge on any atom is -0.325 e. The summed E-state index contributed by atoms with van der Waals surface area (Å²) < 4.78 is 0. The second-order valence-electron chi connectivity index (χ2n) is 4.68. The monoisotopic (exact) mass is 283 g/mol. The van der Waals surface area contributed by atoms with E-state index >= 15 is 0 Å². The van der Waals surface area contributed by atoms with Crippen molar-refractivity contribution in [3.05, 3.63) is 41.3 Å². The number of aromatic nitrogens is 2. The quantitative estimate of drug-likeness (QED) is 0.559. The van der Waals surface area contributed by atoms with Crippen molar-refractivity contribution < 1.29 is 0 Å². The maximum atomic E-state index is 5.48. The van der Waals surface area contributed by atoms with Crippen molar-refractivity contribution in [2.75, 3.05) is 16.9 Å². The molecule has 1 aliphatic heterocycles. The number of hydrogen-bond acceptors (Lipinski definition) is 6. The Bertz CT molecular complexity index is 782. The van der Waals surface area contributed by atoms with E-state index in [2.05, 4.69) is 50.6 Å². The minimum absolute atomic E-state index is 0.458.